The van der Waals surface area contributed by atoms with E-state index < -0.39 is 24.0 Å². The van der Waals surface area contributed by atoms with Crippen molar-refractivity contribution < 1.29 is 29.0 Å². The summed E-state index contributed by atoms with van der Waals surface area (Å²) >= 11 is 1.58. The maximum absolute atomic E-state index is 12.9. The van der Waals surface area contributed by atoms with Crippen molar-refractivity contribution in [3.63, 3.8) is 0 Å². The van der Waals surface area contributed by atoms with Gasteiger partial charge in [-0.25, -0.2) is 9.78 Å². The van der Waals surface area contributed by atoms with Gasteiger partial charge in [0.2, 0.25) is 0 Å². The number of ketones is 1. The molecule has 2 N–H and O–H groups in total. The molecule has 0 aliphatic carbocycles. The molecule has 0 saturated carbocycles. The summed E-state index contributed by atoms with van der Waals surface area (Å²) in [5.41, 5.74) is 1.66. The highest BCUT2D eigenvalue weighted by Gasteiger charge is 2.33. The molecule has 0 radical (unpaired) electrons. The van der Waals surface area contributed by atoms with Crippen molar-refractivity contribution in [3.05, 3.63) is 30.5 Å². The van der Waals surface area contributed by atoms with Crippen molar-refractivity contribution in [2.24, 2.45) is 11.8 Å². The summed E-state index contributed by atoms with van der Waals surface area (Å²) in [6.45, 7) is 4.95. The lowest BCUT2D eigenvalue weighted by molar-refractivity contribution is -0.153. The van der Waals surface area contributed by atoms with E-state index in [4.69, 9.17) is 9.47 Å². The van der Waals surface area contributed by atoms with E-state index in [1.165, 1.54) is 0 Å². The van der Waals surface area contributed by atoms with Gasteiger partial charge in [-0.05, 0) is 71.7 Å². The summed E-state index contributed by atoms with van der Waals surface area (Å²) in [7, 11) is 3.61. The van der Waals surface area contributed by atoms with Crippen LogP contribution in [0.1, 0.15) is 58.8 Å². The summed E-state index contributed by atoms with van der Waals surface area (Å²) in [4.78, 5) is 44.3. The zero-order valence-corrected chi connectivity index (χ0v) is 26.8. The van der Waals surface area contributed by atoms with Gasteiger partial charge in [-0.1, -0.05) is 23.8 Å². The Hall–Kier alpha value is -3.42. The molecular formula is C31H44N6O6S. The number of Topliss-reactive ketones (excluding diaryl/α,β-unsaturated/α-hetero) is 1. The minimum atomic E-state index is -1.13. The highest BCUT2D eigenvalue weighted by atomic mass is 32.1. The molecule has 1 amide bonds. The highest BCUT2D eigenvalue weighted by Crippen LogP contribution is 2.28. The van der Waals surface area contributed by atoms with Crippen LogP contribution in [0.25, 0.3) is 20.9 Å². The fourth-order valence-corrected chi connectivity index (χ4v) is 6.62. The first kappa shape index (κ1) is 33.5. The minimum Gasteiger partial charge on any atom is -0.465 e. The van der Waals surface area contributed by atoms with Crippen LogP contribution in [-0.4, -0.2) is 93.3 Å². The Kier molecular flexibility index (Phi) is 12.2. The Labute approximate surface area is 262 Å². The first-order valence-corrected chi connectivity index (χ1v) is 16.2. The molecule has 1 aromatic carbocycles. The first-order valence-electron chi connectivity index (χ1n) is 15.3. The third-order valence-electron chi connectivity index (χ3n) is 8.64. The van der Waals surface area contributed by atoms with Crippen molar-refractivity contribution in [1.29, 1.82) is 0 Å². The topological polar surface area (TPSA) is 149 Å². The van der Waals surface area contributed by atoms with Gasteiger partial charge in [-0.3, -0.25) is 14.3 Å². The molecule has 0 spiro atoms. The Balaban J connectivity index is 1.43. The van der Waals surface area contributed by atoms with Gasteiger partial charge < -0.3 is 24.8 Å². The Bertz CT molecular complexity index is 1360. The number of aryl methyl sites for hydroxylation is 1. The van der Waals surface area contributed by atoms with Crippen LogP contribution in [0.4, 0.5) is 4.79 Å². The molecule has 5 atom stereocenters. The average molecular weight is 629 g/mol. The van der Waals surface area contributed by atoms with Crippen molar-refractivity contribution in [2.75, 3.05) is 27.3 Å². The van der Waals surface area contributed by atoms with Gasteiger partial charge in [0.1, 0.15) is 22.4 Å². The van der Waals surface area contributed by atoms with Crippen molar-refractivity contribution in [1.82, 2.24) is 30.2 Å². The number of cyclic esters (lactones) is 1. The number of esters is 1. The van der Waals surface area contributed by atoms with Crippen LogP contribution in [0.5, 0.6) is 0 Å². The number of methoxy groups -OCH3 is 1. The van der Waals surface area contributed by atoms with E-state index in [-0.39, 0.29) is 36.9 Å². The molecule has 13 heteroatoms. The van der Waals surface area contributed by atoms with Gasteiger partial charge in [-0.2, -0.15) is 0 Å². The van der Waals surface area contributed by atoms with E-state index in [1.807, 2.05) is 44.4 Å². The number of amides is 1. The normalized spacial score (nSPS) is 24.9. The third-order valence-corrected chi connectivity index (χ3v) is 9.69. The lowest BCUT2D eigenvalue weighted by Crippen LogP contribution is -2.54. The quantitative estimate of drug-likeness (QED) is 0.205. The molecule has 2 aromatic heterocycles. The monoisotopic (exact) mass is 628 g/mol. The van der Waals surface area contributed by atoms with E-state index in [1.54, 1.807) is 30.1 Å². The van der Waals surface area contributed by atoms with Crippen LogP contribution in [0.15, 0.2) is 30.5 Å². The second-order valence-corrected chi connectivity index (χ2v) is 12.7. The summed E-state index contributed by atoms with van der Waals surface area (Å²) in [6, 6.07) is 7.31. The molecule has 1 aliphatic heterocycles. The number of hydrogen-bond acceptors (Lipinski definition) is 10. The number of carbonyl (C=O) groups is 3. The summed E-state index contributed by atoms with van der Waals surface area (Å²) in [5.74, 6) is -1.93. The largest absolute Gasteiger partial charge is 0.465 e. The number of aromatic nitrogens is 4. The molecule has 12 nitrogen and oxygen atoms in total. The van der Waals surface area contributed by atoms with Gasteiger partial charge in [0.05, 0.1) is 35.2 Å². The van der Waals surface area contributed by atoms with Gasteiger partial charge >= 0.3 is 12.1 Å². The molecule has 1 aliphatic rings. The Morgan fingerprint density at radius 2 is 2.00 bits per heavy atom. The average Bonchev–Trinajstić information content (AvgIpc) is 3.67. The molecule has 4 rings (SSSR count). The van der Waals surface area contributed by atoms with E-state index in [0.717, 1.165) is 53.1 Å². The number of benzene rings is 1. The number of nitrogens with one attached hydrogen (secondary N) is 1. The van der Waals surface area contributed by atoms with Gasteiger partial charge in [0, 0.05) is 32.0 Å². The van der Waals surface area contributed by atoms with Crippen LogP contribution in [0.3, 0.4) is 0 Å². The second-order valence-electron chi connectivity index (χ2n) is 11.7. The molecule has 240 valence electrons. The third kappa shape index (κ3) is 9.05. The van der Waals surface area contributed by atoms with E-state index >= 15 is 0 Å². The molecule has 44 heavy (non-hydrogen) atoms. The number of carbonyl (C=O) groups excluding carboxylic acids is 2. The fraction of sp³-hybridized carbons (Fsp3) is 0.613. The van der Waals surface area contributed by atoms with Crippen LogP contribution >= 0.6 is 11.3 Å². The van der Waals surface area contributed by atoms with Crippen LogP contribution < -0.4 is 5.32 Å². The van der Waals surface area contributed by atoms with Crippen LogP contribution in [0.2, 0.25) is 0 Å². The minimum absolute atomic E-state index is 0.0192. The highest BCUT2D eigenvalue weighted by molar-refractivity contribution is 7.21. The number of para-hydroxylation sites is 1. The van der Waals surface area contributed by atoms with Gasteiger partial charge in [-0.15, -0.1) is 16.4 Å². The Morgan fingerprint density at radius 3 is 2.75 bits per heavy atom. The van der Waals surface area contributed by atoms with Gasteiger partial charge in [0.15, 0.2) is 0 Å². The number of thiazole rings is 1. The number of likely N-dealkylation sites (N-methyl/N-ethyl adjacent to an activating group) is 1. The second kappa shape index (κ2) is 16.1. The smallest absolute Gasteiger partial charge is 0.404 e. The molecule has 0 bridgehead atoms. The van der Waals surface area contributed by atoms with E-state index in [0.29, 0.717) is 19.4 Å². The van der Waals surface area contributed by atoms with Gasteiger partial charge in [0.25, 0.3) is 0 Å². The first-order chi connectivity index (χ1) is 21.2. The predicted octanol–water partition coefficient (Wildman–Crippen LogP) is 4.64. The molecule has 3 aromatic rings. The number of unbranched alkanes of at least 4 members (excludes halogenated alkanes) is 1. The Morgan fingerprint density at radius 1 is 1.20 bits per heavy atom. The number of ether oxygens (including phenoxy) is 2. The zero-order valence-electron chi connectivity index (χ0n) is 26.0. The van der Waals surface area contributed by atoms with Crippen LogP contribution in [-0.2, 0) is 25.6 Å². The SMILES string of the molecule is COC1CCCN(C)C(C)C(NC(=O)O)C(CCCCn2cc(-c3nc4ccccc4s3)nn2)COC(=O)C(C)C(=O)CC1. The van der Waals surface area contributed by atoms with E-state index in [2.05, 4.69) is 25.5 Å². The molecular weight excluding hydrogens is 584 g/mol. The lowest BCUT2D eigenvalue weighted by Gasteiger charge is -2.37. The molecule has 1 saturated heterocycles. The van der Waals surface area contributed by atoms with Crippen molar-refractivity contribution in [3.8, 4) is 10.7 Å². The molecule has 5 unspecified atom stereocenters. The number of carboxylic acid groups (broad SMARTS) is 1. The summed E-state index contributed by atoms with van der Waals surface area (Å²) < 4.78 is 14.1. The number of nitrogens with zero attached hydrogens (tertiary/aromatic N) is 5. The summed E-state index contributed by atoms with van der Waals surface area (Å²) in [5, 5.41) is 21.9. The summed E-state index contributed by atoms with van der Waals surface area (Å²) in [6.07, 6.45) is 5.20. The number of rotatable bonds is 8. The number of fused-ring (bicyclic) bond motifs is 1. The fourth-order valence-electron chi connectivity index (χ4n) is 5.70. The van der Waals surface area contributed by atoms with Crippen LogP contribution in [0, 0.1) is 11.8 Å². The molecule has 3 heterocycles. The maximum Gasteiger partial charge on any atom is 0.404 e. The number of hydrogen-bond donors (Lipinski definition) is 2. The standard InChI is InChI=1S/C31H44N6O6S/c1-20-26(38)15-14-23(42-4)11-9-16-36(3)21(2)28(33-31(40)41)22(19-43-30(20)39)10-7-8-17-37-18-25(34-35-37)29-32-24-12-5-6-13-27(24)44-29/h5-6,12-13,18,20-23,28,33H,7-11,14-17,19H2,1-4H3,(H,40,41). The zero-order chi connectivity index (χ0) is 31.6. The van der Waals surface area contributed by atoms with Crippen molar-refractivity contribution in [2.45, 2.75) is 83.5 Å². The van der Waals surface area contributed by atoms with Crippen molar-refractivity contribution >= 4 is 39.4 Å². The van der Waals surface area contributed by atoms with E-state index in [9.17, 15) is 19.5 Å². The molecule has 1 fully saturated rings. The maximum atomic E-state index is 12.9. The predicted molar refractivity (Wildman–Crippen MR) is 167 cm³/mol. The lowest BCUT2D eigenvalue weighted by atomic mass is 9.89.